The molecule has 0 saturated heterocycles. The van der Waals surface area contributed by atoms with E-state index in [1.54, 1.807) is 0 Å². The van der Waals surface area contributed by atoms with Crippen molar-refractivity contribution in [3.05, 3.63) is 53.3 Å². The molecule has 0 unspecified atom stereocenters. The van der Waals surface area contributed by atoms with Crippen LogP contribution in [0.2, 0.25) is 0 Å². The number of aromatic amines is 1. The highest BCUT2D eigenvalue weighted by Gasteiger charge is 2.01. The Bertz CT molecular complexity index is 508. The summed E-state index contributed by atoms with van der Waals surface area (Å²) in [5.41, 5.74) is 5.65. The van der Waals surface area contributed by atoms with E-state index < -0.39 is 0 Å². The van der Waals surface area contributed by atoms with Gasteiger partial charge in [-0.15, -0.1) is 0 Å². The van der Waals surface area contributed by atoms with Crippen LogP contribution < -0.4 is 0 Å². The van der Waals surface area contributed by atoms with Crippen molar-refractivity contribution in [2.75, 3.05) is 0 Å². The third kappa shape index (κ3) is 2.06. The minimum Gasteiger partial charge on any atom is -0.360 e. The highest BCUT2D eigenvalue weighted by Crippen LogP contribution is 2.22. The highest BCUT2D eigenvalue weighted by atomic mass is 14.8. The maximum absolute atomic E-state index is 4.65. The fourth-order valence-electron chi connectivity index (χ4n) is 1.65. The van der Waals surface area contributed by atoms with E-state index in [1.165, 1.54) is 11.1 Å². The molecule has 82 valence electrons. The molecule has 1 N–H and O–H groups in total. The van der Waals surface area contributed by atoms with E-state index in [-0.39, 0.29) is 0 Å². The molecule has 16 heavy (non-hydrogen) atoms. The predicted octanol–water partition coefficient (Wildman–Crippen LogP) is 3.77. The Hall–Kier alpha value is -1.83. The van der Waals surface area contributed by atoms with Gasteiger partial charge in [-0.05, 0) is 50.1 Å². The number of hydrogen-bond acceptors (Lipinski definition) is 1. The number of hydrogen-bond donors (Lipinski definition) is 1. The molecule has 2 rings (SSSR count). The molecule has 0 aliphatic carbocycles. The van der Waals surface area contributed by atoms with Gasteiger partial charge >= 0.3 is 0 Å². The monoisotopic (exact) mass is 212 g/mol. The first-order valence-corrected chi connectivity index (χ1v) is 5.44. The van der Waals surface area contributed by atoms with Crippen LogP contribution in [0.25, 0.3) is 0 Å². The van der Waals surface area contributed by atoms with Crippen molar-refractivity contribution in [1.82, 2.24) is 4.98 Å². The van der Waals surface area contributed by atoms with Gasteiger partial charge < -0.3 is 4.98 Å². The lowest BCUT2D eigenvalue weighted by molar-refractivity contribution is 1.29. The molecule has 0 aliphatic heterocycles. The molecule has 1 heterocycles. The van der Waals surface area contributed by atoms with Gasteiger partial charge in [0.05, 0.1) is 17.1 Å². The highest BCUT2D eigenvalue weighted by molar-refractivity contribution is 5.98. The van der Waals surface area contributed by atoms with Crippen LogP contribution >= 0.6 is 0 Å². The first-order chi connectivity index (χ1) is 7.68. The topological polar surface area (TPSA) is 28.1 Å². The molecule has 2 nitrogen and oxygen atoms in total. The zero-order valence-electron chi connectivity index (χ0n) is 9.91. The summed E-state index contributed by atoms with van der Waals surface area (Å²) >= 11 is 0. The summed E-state index contributed by atoms with van der Waals surface area (Å²) < 4.78 is 0. The lowest BCUT2D eigenvalue weighted by Gasteiger charge is -2.05. The van der Waals surface area contributed by atoms with Crippen molar-refractivity contribution in [3.8, 4) is 0 Å². The van der Waals surface area contributed by atoms with Gasteiger partial charge in [0.15, 0.2) is 0 Å². The first kappa shape index (κ1) is 10.7. The second-order valence-corrected chi connectivity index (χ2v) is 4.00. The molecule has 0 atom stereocenters. The van der Waals surface area contributed by atoms with Crippen LogP contribution in [0.15, 0.2) is 41.5 Å². The third-order valence-electron chi connectivity index (χ3n) is 2.85. The quantitative estimate of drug-likeness (QED) is 0.734. The summed E-state index contributed by atoms with van der Waals surface area (Å²) in [5.74, 6) is 0. The van der Waals surface area contributed by atoms with Crippen LogP contribution in [0.1, 0.15) is 23.7 Å². The van der Waals surface area contributed by atoms with Gasteiger partial charge in [-0.3, -0.25) is 4.99 Å². The lowest BCUT2D eigenvalue weighted by Crippen LogP contribution is -1.94. The van der Waals surface area contributed by atoms with Gasteiger partial charge in [0, 0.05) is 6.20 Å². The number of aromatic nitrogens is 1. The van der Waals surface area contributed by atoms with E-state index in [0.717, 1.165) is 17.1 Å². The summed E-state index contributed by atoms with van der Waals surface area (Å²) in [4.78, 5) is 7.81. The summed E-state index contributed by atoms with van der Waals surface area (Å²) in [7, 11) is 0. The maximum atomic E-state index is 4.65. The number of nitrogens with one attached hydrogen (secondary N) is 1. The van der Waals surface area contributed by atoms with Gasteiger partial charge in [-0.1, -0.05) is 12.1 Å². The summed E-state index contributed by atoms with van der Waals surface area (Å²) in [6, 6.07) is 10.2. The zero-order valence-corrected chi connectivity index (χ0v) is 9.91. The molecule has 2 aromatic rings. The molecule has 0 fully saturated rings. The van der Waals surface area contributed by atoms with Crippen LogP contribution in [-0.2, 0) is 0 Å². The average Bonchev–Trinajstić information content (AvgIpc) is 2.78. The smallest absolute Gasteiger partial charge is 0.0665 e. The van der Waals surface area contributed by atoms with Crippen molar-refractivity contribution in [2.24, 2.45) is 4.99 Å². The van der Waals surface area contributed by atoms with Crippen molar-refractivity contribution < 1.29 is 0 Å². The summed E-state index contributed by atoms with van der Waals surface area (Å²) in [5, 5.41) is 0. The Morgan fingerprint density at radius 3 is 2.62 bits per heavy atom. The summed E-state index contributed by atoms with van der Waals surface area (Å²) in [6.07, 6.45) is 1.91. The number of benzene rings is 1. The number of rotatable bonds is 2. The van der Waals surface area contributed by atoms with Crippen molar-refractivity contribution >= 4 is 11.4 Å². The zero-order chi connectivity index (χ0) is 11.5. The minimum atomic E-state index is 1.01. The van der Waals surface area contributed by atoms with E-state index in [0.29, 0.717) is 0 Å². The minimum absolute atomic E-state index is 1.01. The van der Waals surface area contributed by atoms with Crippen molar-refractivity contribution in [2.45, 2.75) is 20.8 Å². The molecule has 0 bridgehead atoms. The molecule has 0 saturated carbocycles. The number of nitrogens with zero attached hydrogens (tertiary/aromatic N) is 1. The Morgan fingerprint density at radius 2 is 1.94 bits per heavy atom. The Kier molecular flexibility index (Phi) is 2.91. The fraction of sp³-hybridized carbons (Fsp3) is 0.214. The molecule has 0 aliphatic rings. The van der Waals surface area contributed by atoms with Crippen LogP contribution in [-0.4, -0.2) is 10.7 Å². The molecular weight excluding hydrogens is 196 g/mol. The van der Waals surface area contributed by atoms with Crippen LogP contribution in [0, 0.1) is 13.8 Å². The Morgan fingerprint density at radius 1 is 1.12 bits per heavy atom. The largest absolute Gasteiger partial charge is 0.360 e. The number of H-pyrrole nitrogens is 1. The van der Waals surface area contributed by atoms with E-state index >= 15 is 0 Å². The SMILES string of the molecule is CC(=Nc1cccc(C)c1C)c1ccc[nH]1. The Labute approximate surface area is 96.1 Å². The van der Waals surface area contributed by atoms with Gasteiger partial charge in [0.25, 0.3) is 0 Å². The number of aryl methyl sites for hydroxylation is 1. The summed E-state index contributed by atoms with van der Waals surface area (Å²) in [6.45, 7) is 6.24. The molecule has 0 amide bonds. The third-order valence-corrected chi connectivity index (χ3v) is 2.85. The molecule has 2 heteroatoms. The van der Waals surface area contributed by atoms with E-state index in [2.05, 4.69) is 36.0 Å². The normalized spacial score (nSPS) is 11.8. The van der Waals surface area contributed by atoms with Crippen molar-refractivity contribution in [3.63, 3.8) is 0 Å². The molecular formula is C14H16N2. The van der Waals surface area contributed by atoms with Gasteiger partial charge in [-0.2, -0.15) is 0 Å². The average molecular weight is 212 g/mol. The fourth-order valence-corrected chi connectivity index (χ4v) is 1.65. The van der Waals surface area contributed by atoms with E-state index in [1.807, 2.05) is 31.3 Å². The van der Waals surface area contributed by atoms with Gasteiger partial charge in [0.2, 0.25) is 0 Å². The first-order valence-electron chi connectivity index (χ1n) is 5.44. The van der Waals surface area contributed by atoms with Crippen molar-refractivity contribution in [1.29, 1.82) is 0 Å². The van der Waals surface area contributed by atoms with Crippen LogP contribution in [0.3, 0.4) is 0 Å². The van der Waals surface area contributed by atoms with E-state index in [4.69, 9.17) is 0 Å². The van der Waals surface area contributed by atoms with Gasteiger partial charge in [-0.25, -0.2) is 0 Å². The molecule has 0 radical (unpaired) electrons. The van der Waals surface area contributed by atoms with Crippen LogP contribution in [0.4, 0.5) is 5.69 Å². The van der Waals surface area contributed by atoms with E-state index in [9.17, 15) is 0 Å². The predicted molar refractivity (Wildman–Crippen MR) is 68.6 cm³/mol. The standard InChI is InChI=1S/C14H16N2/c1-10-6-4-7-13(11(10)2)16-12(3)14-8-5-9-15-14/h4-9,15H,1-3H3. The molecule has 1 aromatic carbocycles. The Balaban J connectivity index is 2.40. The second-order valence-electron chi connectivity index (χ2n) is 4.00. The molecule has 1 aromatic heterocycles. The molecule has 0 spiro atoms. The number of aliphatic imine (C=N–C) groups is 1. The van der Waals surface area contributed by atoms with Crippen LogP contribution in [0.5, 0.6) is 0 Å². The second kappa shape index (κ2) is 4.35. The van der Waals surface area contributed by atoms with Gasteiger partial charge in [0.1, 0.15) is 0 Å². The lowest BCUT2D eigenvalue weighted by atomic mass is 10.1. The maximum Gasteiger partial charge on any atom is 0.0665 e.